The van der Waals surface area contributed by atoms with Crippen molar-refractivity contribution in [1.82, 2.24) is 0 Å². The molecule has 126 valence electrons. The summed E-state index contributed by atoms with van der Waals surface area (Å²) in [6.45, 7) is 2.64. The van der Waals surface area contributed by atoms with Gasteiger partial charge in [0.25, 0.3) is 0 Å². The molecule has 0 aromatic heterocycles. The molecule has 2 aromatic rings. The lowest BCUT2D eigenvalue weighted by Crippen LogP contribution is -2.48. The molecule has 0 heterocycles. The molecule has 4 nitrogen and oxygen atoms in total. The average molecular weight is 325 g/mol. The number of ether oxygens (including phenoxy) is 2. The summed E-state index contributed by atoms with van der Waals surface area (Å²) in [7, 11) is 0. The first-order chi connectivity index (χ1) is 11.6. The predicted molar refractivity (Wildman–Crippen MR) is 92.4 cm³/mol. The number of hydrogen-bond donors (Lipinski definition) is 1. The lowest BCUT2D eigenvalue weighted by atomic mass is 9.86. The minimum atomic E-state index is -1.05. The second-order valence-corrected chi connectivity index (χ2v) is 6.16. The molecule has 0 bridgehead atoms. The number of carbonyl (C=O) groups excluding carboxylic acids is 1. The molecule has 1 fully saturated rings. The molecule has 1 saturated carbocycles. The van der Waals surface area contributed by atoms with E-state index in [9.17, 15) is 4.79 Å². The van der Waals surface area contributed by atoms with Gasteiger partial charge in [0.1, 0.15) is 17.9 Å². The van der Waals surface area contributed by atoms with Crippen LogP contribution in [-0.2, 0) is 21.7 Å². The zero-order chi connectivity index (χ0) is 17.0. The highest BCUT2D eigenvalue weighted by Crippen LogP contribution is 2.45. The maximum absolute atomic E-state index is 12.4. The van der Waals surface area contributed by atoms with Crippen LogP contribution in [0.15, 0.2) is 54.6 Å². The standard InChI is InChI=1S/C20H23NO3/c1-2-23-19(22)20(21,16-8-9-16)17-10-12-18(13-11-17)24-14-15-6-4-3-5-7-15/h3-7,10-13,16H,2,8-9,14,21H2,1H3. The zero-order valence-electron chi connectivity index (χ0n) is 13.9. The van der Waals surface area contributed by atoms with Gasteiger partial charge < -0.3 is 15.2 Å². The second kappa shape index (κ2) is 7.05. The fourth-order valence-electron chi connectivity index (χ4n) is 2.88. The number of carbonyl (C=O) groups is 1. The highest BCUT2D eigenvalue weighted by molar-refractivity contribution is 5.83. The van der Waals surface area contributed by atoms with Crippen molar-refractivity contribution < 1.29 is 14.3 Å². The predicted octanol–water partition coefficient (Wildman–Crippen LogP) is 3.39. The molecule has 1 atom stereocenters. The van der Waals surface area contributed by atoms with Crippen LogP contribution in [-0.4, -0.2) is 12.6 Å². The summed E-state index contributed by atoms with van der Waals surface area (Å²) in [5.74, 6) is 0.572. The first kappa shape index (κ1) is 16.5. The van der Waals surface area contributed by atoms with Crippen molar-refractivity contribution in [3.8, 4) is 5.75 Å². The third kappa shape index (κ3) is 3.44. The lowest BCUT2D eigenvalue weighted by molar-refractivity contribution is -0.151. The van der Waals surface area contributed by atoms with Gasteiger partial charge in [-0.15, -0.1) is 0 Å². The number of esters is 1. The first-order valence-corrected chi connectivity index (χ1v) is 8.38. The van der Waals surface area contributed by atoms with E-state index in [1.54, 1.807) is 6.92 Å². The molecule has 0 amide bonds. The molecule has 0 spiro atoms. The minimum absolute atomic E-state index is 0.160. The van der Waals surface area contributed by atoms with Gasteiger partial charge in [-0.25, -0.2) is 4.79 Å². The molecule has 24 heavy (non-hydrogen) atoms. The van der Waals surface area contributed by atoms with Gasteiger partial charge in [0.15, 0.2) is 0 Å². The average Bonchev–Trinajstić information content (AvgIpc) is 3.46. The topological polar surface area (TPSA) is 61.5 Å². The van der Waals surface area contributed by atoms with Crippen molar-refractivity contribution in [3.63, 3.8) is 0 Å². The van der Waals surface area contributed by atoms with E-state index in [1.165, 1.54) is 0 Å². The van der Waals surface area contributed by atoms with E-state index in [1.807, 2.05) is 54.6 Å². The molecule has 1 unspecified atom stereocenters. The van der Waals surface area contributed by atoms with Gasteiger partial charge in [0.2, 0.25) is 0 Å². The highest BCUT2D eigenvalue weighted by Gasteiger charge is 2.50. The zero-order valence-corrected chi connectivity index (χ0v) is 13.9. The third-order valence-electron chi connectivity index (χ3n) is 4.41. The summed E-state index contributed by atoms with van der Waals surface area (Å²) in [4.78, 5) is 12.4. The number of nitrogens with two attached hydrogens (primary N) is 1. The SMILES string of the molecule is CCOC(=O)C(N)(c1ccc(OCc2ccccc2)cc1)C1CC1. The van der Waals surface area contributed by atoms with Gasteiger partial charge in [-0.3, -0.25) is 0 Å². The Morgan fingerprint density at radius 1 is 1.12 bits per heavy atom. The molecule has 1 aliphatic rings. The van der Waals surface area contributed by atoms with E-state index >= 15 is 0 Å². The summed E-state index contributed by atoms with van der Waals surface area (Å²) >= 11 is 0. The van der Waals surface area contributed by atoms with E-state index in [4.69, 9.17) is 15.2 Å². The maximum atomic E-state index is 12.4. The smallest absolute Gasteiger partial charge is 0.331 e. The van der Waals surface area contributed by atoms with Crippen molar-refractivity contribution >= 4 is 5.97 Å². The van der Waals surface area contributed by atoms with Crippen LogP contribution >= 0.6 is 0 Å². The Balaban J connectivity index is 1.71. The van der Waals surface area contributed by atoms with E-state index in [2.05, 4.69) is 0 Å². The van der Waals surface area contributed by atoms with Crippen molar-refractivity contribution in [2.24, 2.45) is 11.7 Å². The Hall–Kier alpha value is -2.33. The molecular weight excluding hydrogens is 302 g/mol. The fraction of sp³-hybridized carbons (Fsp3) is 0.350. The number of benzene rings is 2. The normalized spacial score (nSPS) is 16.2. The van der Waals surface area contributed by atoms with Gasteiger partial charge in [-0.2, -0.15) is 0 Å². The molecule has 0 saturated heterocycles. The summed E-state index contributed by atoms with van der Waals surface area (Å²) in [6, 6.07) is 17.5. The Morgan fingerprint density at radius 2 is 1.79 bits per heavy atom. The van der Waals surface area contributed by atoms with Crippen molar-refractivity contribution in [2.75, 3.05) is 6.61 Å². The summed E-state index contributed by atoms with van der Waals surface area (Å²) in [5.41, 5.74) is 7.30. The van der Waals surface area contributed by atoms with E-state index in [0.717, 1.165) is 29.7 Å². The molecule has 2 N–H and O–H groups in total. The van der Waals surface area contributed by atoms with Gasteiger partial charge in [-0.05, 0) is 48.9 Å². The molecule has 0 aliphatic heterocycles. The monoisotopic (exact) mass is 325 g/mol. The van der Waals surface area contributed by atoms with Crippen molar-refractivity contribution in [3.05, 3.63) is 65.7 Å². The van der Waals surface area contributed by atoms with Gasteiger partial charge in [0.05, 0.1) is 6.61 Å². The maximum Gasteiger partial charge on any atom is 0.331 e. The molecule has 0 radical (unpaired) electrons. The van der Waals surface area contributed by atoms with E-state index in [0.29, 0.717) is 13.2 Å². The number of rotatable bonds is 7. The van der Waals surface area contributed by atoms with Crippen LogP contribution < -0.4 is 10.5 Å². The fourth-order valence-corrected chi connectivity index (χ4v) is 2.88. The number of hydrogen-bond acceptors (Lipinski definition) is 4. The van der Waals surface area contributed by atoms with E-state index in [-0.39, 0.29) is 11.9 Å². The third-order valence-corrected chi connectivity index (χ3v) is 4.41. The van der Waals surface area contributed by atoms with Crippen LogP contribution in [0.5, 0.6) is 5.75 Å². The van der Waals surface area contributed by atoms with Crippen LogP contribution in [0, 0.1) is 5.92 Å². The Morgan fingerprint density at radius 3 is 2.38 bits per heavy atom. The quantitative estimate of drug-likeness (QED) is 0.793. The van der Waals surface area contributed by atoms with Gasteiger partial charge in [-0.1, -0.05) is 42.5 Å². The summed E-state index contributed by atoms with van der Waals surface area (Å²) in [5, 5.41) is 0. The molecule has 4 heteroatoms. The molecule has 3 rings (SSSR count). The Labute approximate surface area is 142 Å². The summed E-state index contributed by atoms with van der Waals surface area (Å²) < 4.78 is 11.0. The van der Waals surface area contributed by atoms with Crippen molar-refractivity contribution in [1.29, 1.82) is 0 Å². The van der Waals surface area contributed by atoms with Crippen LogP contribution in [0.2, 0.25) is 0 Å². The first-order valence-electron chi connectivity index (χ1n) is 8.38. The Kier molecular flexibility index (Phi) is 4.86. The van der Waals surface area contributed by atoms with E-state index < -0.39 is 5.54 Å². The van der Waals surface area contributed by atoms with Crippen LogP contribution in [0.1, 0.15) is 30.9 Å². The van der Waals surface area contributed by atoms with Crippen LogP contribution in [0.3, 0.4) is 0 Å². The Bertz CT molecular complexity index is 680. The molecule has 1 aliphatic carbocycles. The van der Waals surface area contributed by atoms with Crippen LogP contribution in [0.4, 0.5) is 0 Å². The minimum Gasteiger partial charge on any atom is -0.489 e. The van der Waals surface area contributed by atoms with Gasteiger partial charge >= 0.3 is 5.97 Å². The van der Waals surface area contributed by atoms with Crippen LogP contribution in [0.25, 0.3) is 0 Å². The largest absolute Gasteiger partial charge is 0.489 e. The molecular formula is C20H23NO3. The second-order valence-electron chi connectivity index (χ2n) is 6.16. The highest BCUT2D eigenvalue weighted by atomic mass is 16.5. The lowest BCUT2D eigenvalue weighted by Gasteiger charge is -2.27. The van der Waals surface area contributed by atoms with Gasteiger partial charge in [0, 0.05) is 0 Å². The van der Waals surface area contributed by atoms with Crippen molar-refractivity contribution in [2.45, 2.75) is 31.9 Å². The summed E-state index contributed by atoms with van der Waals surface area (Å²) in [6.07, 6.45) is 1.92. The molecule has 2 aromatic carbocycles.